The lowest BCUT2D eigenvalue weighted by molar-refractivity contribution is 0.0286. The molecule has 1 aromatic carbocycles. The van der Waals surface area contributed by atoms with Crippen LogP contribution in [0.15, 0.2) is 24.3 Å². The van der Waals surface area contributed by atoms with Crippen molar-refractivity contribution in [2.45, 2.75) is 25.6 Å². The molecule has 1 N–H and O–H groups in total. The van der Waals surface area contributed by atoms with Crippen LogP contribution in [0.2, 0.25) is 0 Å². The zero-order valence-electron chi connectivity index (χ0n) is 9.99. The number of rotatable bonds is 4. The third kappa shape index (κ3) is 3.33. The van der Waals surface area contributed by atoms with Gasteiger partial charge in [0.2, 0.25) is 0 Å². The molecule has 1 aliphatic rings. The van der Waals surface area contributed by atoms with Crippen LogP contribution >= 0.6 is 0 Å². The lowest BCUT2D eigenvalue weighted by Crippen LogP contribution is -2.39. The van der Waals surface area contributed by atoms with Crippen molar-refractivity contribution in [1.29, 1.82) is 0 Å². The van der Waals surface area contributed by atoms with Gasteiger partial charge in [-0.3, -0.25) is 0 Å². The first kappa shape index (κ1) is 12.2. The fraction of sp³-hybridized carbons (Fsp3) is 0.538. The van der Waals surface area contributed by atoms with Gasteiger partial charge in [-0.05, 0) is 25.5 Å². The Balaban J connectivity index is 1.99. The molecule has 1 aromatic rings. The molecule has 1 saturated heterocycles. The molecule has 1 fully saturated rings. The molecule has 1 aliphatic heterocycles. The van der Waals surface area contributed by atoms with Crippen molar-refractivity contribution in [2.24, 2.45) is 0 Å². The first-order valence-corrected chi connectivity index (χ1v) is 6.01. The van der Waals surface area contributed by atoms with E-state index >= 15 is 0 Å². The maximum absolute atomic E-state index is 13.6. The number of ether oxygens (including phenoxy) is 2. The van der Waals surface area contributed by atoms with Gasteiger partial charge in [0.25, 0.3) is 0 Å². The number of hydrogen-bond donors (Lipinski definition) is 1. The van der Waals surface area contributed by atoms with E-state index in [-0.39, 0.29) is 12.6 Å². The standard InChI is InChI=1S/C13H18FNO2/c1-2-17-11-5-3-4-10(8-11)15-13-6-7-16-9-12(13)14/h3-5,8,12-13,15H,2,6-7,9H2,1H3. The van der Waals surface area contributed by atoms with Crippen molar-refractivity contribution < 1.29 is 13.9 Å². The van der Waals surface area contributed by atoms with E-state index in [1.54, 1.807) is 0 Å². The second kappa shape index (κ2) is 5.87. The highest BCUT2D eigenvalue weighted by molar-refractivity contribution is 5.49. The number of hydrogen-bond acceptors (Lipinski definition) is 3. The van der Waals surface area contributed by atoms with E-state index < -0.39 is 6.17 Å². The molecule has 2 rings (SSSR count). The number of nitrogens with one attached hydrogen (secondary N) is 1. The molecule has 2 unspecified atom stereocenters. The van der Waals surface area contributed by atoms with Gasteiger partial charge in [-0.2, -0.15) is 0 Å². The van der Waals surface area contributed by atoms with Gasteiger partial charge in [0.15, 0.2) is 0 Å². The topological polar surface area (TPSA) is 30.5 Å². The van der Waals surface area contributed by atoms with Crippen LogP contribution in [-0.2, 0) is 4.74 Å². The normalized spacial score (nSPS) is 24.4. The molecule has 0 spiro atoms. The predicted octanol–water partition coefficient (Wildman–Crippen LogP) is 2.62. The van der Waals surface area contributed by atoms with Crippen molar-refractivity contribution in [1.82, 2.24) is 0 Å². The van der Waals surface area contributed by atoms with Gasteiger partial charge in [-0.15, -0.1) is 0 Å². The summed E-state index contributed by atoms with van der Waals surface area (Å²) >= 11 is 0. The van der Waals surface area contributed by atoms with Crippen LogP contribution in [0, 0.1) is 0 Å². The van der Waals surface area contributed by atoms with E-state index in [1.165, 1.54) is 0 Å². The summed E-state index contributed by atoms with van der Waals surface area (Å²) in [4.78, 5) is 0. The van der Waals surface area contributed by atoms with E-state index in [4.69, 9.17) is 9.47 Å². The Morgan fingerprint density at radius 2 is 2.41 bits per heavy atom. The SMILES string of the molecule is CCOc1cccc(NC2CCOCC2F)c1. The Bertz CT molecular complexity index is 359. The van der Waals surface area contributed by atoms with Gasteiger partial charge >= 0.3 is 0 Å². The van der Waals surface area contributed by atoms with Crippen molar-refractivity contribution in [3.05, 3.63) is 24.3 Å². The Morgan fingerprint density at radius 1 is 1.53 bits per heavy atom. The number of benzene rings is 1. The summed E-state index contributed by atoms with van der Waals surface area (Å²) < 4.78 is 24.0. The summed E-state index contributed by atoms with van der Waals surface area (Å²) in [6.07, 6.45) is -0.250. The van der Waals surface area contributed by atoms with Crippen molar-refractivity contribution in [3.8, 4) is 5.75 Å². The van der Waals surface area contributed by atoms with Crippen LogP contribution in [0.5, 0.6) is 5.75 Å². The fourth-order valence-electron chi connectivity index (χ4n) is 1.92. The monoisotopic (exact) mass is 239 g/mol. The smallest absolute Gasteiger partial charge is 0.143 e. The number of alkyl halides is 1. The third-order valence-electron chi connectivity index (χ3n) is 2.78. The maximum Gasteiger partial charge on any atom is 0.143 e. The summed E-state index contributed by atoms with van der Waals surface area (Å²) in [5.41, 5.74) is 0.894. The number of anilines is 1. The van der Waals surface area contributed by atoms with Crippen LogP contribution < -0.4 is 10.1 Å². The van der Waals surface area contributed by atoms with Crippen LogP contribution in [0.1, 0.15) is 13.3 Å². The van der Waals surface area contributed by atoms with Gasteiger partial charge < -0.3 is 14.8 Å². The molecule has 0 amide bonds. The highest BCUT2D eigenvalue weighted by Crippen LogP contribution is 2.21. The average molecular weight is 239 g/mol. The highest BCUT2D eigenvalue weighted by Gasteiger charge is 2.25. The summed E-state index contributed by atoms with van der Waals surface area (Å²) in [7, 11) is 0. The minimum absolute atomic E-state index is 0.166. The quantitative estimate of drug-likeness (QED) is 0.876. The van der Waals surface area contributed by atoms with E-state index in [0.717, 1.165) is 11.4 Å². The van der Waals surface area contributed by atoms with E-state index in [2.05, 4.69) is 5.32 Å². The van der Waals surface area contributed by atoms with Crippen LogP contribution in [0.3, 0.4) is 0 Å². The maximum atomic E-state index is 13.6. The molecule has 17 heavy (non-hydrogen) atoms. The van der Waals surface area contributed by atoms with Gasteiger partial charge in [0.05, 0.1) is 19.3 Å². The Morgan fingerprint density at radius 3 is 3.18 bits per heavy atom. The number of halogens is 1. The summed E-state index contributed by atoms with van der Waals surface area (Å²) in [6, 6.07) is 7.45. The third-order valence-corrected chi connectivity index (χ3v) is 2.78. The van der Waals surface area contributed by atoms with E-state index in [0.29, 0.717) is 19.6 Å². The molecule has 4 heteroatoms. The highest BCUT2D eigenvalue weighted by atomic mass is 19.1. The second-order valence-electron chi connectivity index (χ2n) is 4.09. The van der Waals surface area contributed by atoms with Gasteiger partial charge in [-0.25, -0.2) is 4.39 Å². The van der Waals surface area contributed by atoms with Crippen molar-refractivity contribution in [2.75, 3.05) is 25.1 Å². The van der Waals surface area contributed by atoms with Gasteiger partial charge in [0.1, 0.15) is 11.9 Å². The predicted molar refractivity (Wildman–Crippen MR) is 65.4 cm³/mol. The molecule has 0 aliphatic carbocycles. The largest absolute Gasteiger partial charge is 0.494 e. The van der Waals surface area contributed by atoms with Crippen molar-refractivity contribution in [3.63, 3.8) is 0 Å². The van der Waals surface area contributed by atoms with Crippen LogP contribution in [-0.4, -0.2) is 32.0 Å². The molecule has 0 radical (unpaired) electrons. The van der Waals surface area contributed by atoms with Gasteiger partial charge in [0, 0.05) is 18.4 Å². The molecule has 3 nitrogen and oxygen atoms in total. The Labute approximate surface area is 101 Å². The molecule has 1 heterocycles. The first-order chi connectivity index (χ1) is 8.29. The molecular formula is C13H18FNO2. The first-order valence-electron chi connectivity index (χ1n) is 6.01. The molecule has 0 bridgehead atoms. The summed E-state index contributed by atoms with van der Waals surface area (Å²) in [6.45, 7) is 3.37. The summed E-state index contributed by atoms with van der Waals surface area (Å²) in [5, 5.41) is 3.19. The second-order valence-corrected chi connectivity index (χ2v) is 4.09. The zero-order valence-corrected chi connectivity index (χ0v) is 9.99. The molecule has 94 valence electrons. The molecule has 0 saturated carbocycles. The minimum atomic E-state index is -0.945. The van der Waals surface area contributed by atoms with Crippen LogP contribution in [0.25, 0.3) is 0 Å². The molecule has 2 atom stereocenters. The summed E-state index contributed by atoms with van der Waals surface area (Å²) in [5.74, 6) is 0.806. The van der Waals surface area contributed by atoms with Gasteiger partial charge in [-0.1, -0.05) is 6.07 Å². The lowest BCUT2D eigenvalue weighted by Gasteiger charge is -2.27. The lowest BCUT2D eigenvalue weighted by atomic mass is 10.1. The fourth-order valence-corrected chi connectivity index (χ4v) is 1.92. The average Bonchev–Trinajstić information content (AvgIpc) is 2.33. The molecular weight excluding hydrogens is 221 g/mol. The Hall–Kier alpha value is -1.29. The Kier molecular flexibility index (Phi) is 4.20. The van der Waals surface area contributed by atoms with Crippen LogP contribution in [0.4, 0.5) is 10.1 Å². The van der Waals surface area contributed by atoms with Crippen molar-refractivity contribution >= 4 is 5.69 Å². The minimum Gasteiger partial charge on any atom is -0.494 e. The van der Waals surface area contributed by atoms with E-state index in [9.17, 15) is 4.39 Å². The zero-order chi connectivity index (χ0) is 12.1. The molecule has 0 aromatic heterocycles. The van der Waals surface area contributed by atoms with E-state index in [1.807, 2.05) is 31.2 Å².